The third-order valence-electron chi connectivity index (χ3n) is 11.8. The minimum Gasteiger partial charge on any atom is -0.465 e. The van der Waals surface area contributed by atoms with E-state index in [0.717, 1.165) is 40.1 Å². The zero-order valence-electron chi connectivity index (χ0n) is 34.9. The predicted octanol–water partition coefficient (Wildman–Crippen LogP) is 4.44. The Morgan fingerprint density at radius 1 is 0.867 bits per heavy atom. The van der Waals surface area contributed by atoms with Gasteiger partial charge in [-0.3, -0.25) is 20.6 Å². The molecule has 7 N–H and O–H groups in total. The molecule has 0 unspecified atom stereocenters. The molecule has 18 heteroatoms. The summed E-state index contributed by atoms with van der Waals surface area (Å²) in [5, 5.41) is 14.2. The Labute approximate surface area is 348 Å². The van der Waals surface area contributed by atoms with E-state index in [2.05, 4.69) is 30.6 Å². The number of hydrogen-bond donors (Lipinski definition) is 6. The SMILES string of the molecule is COC[C@H]1C[C@@H](c2ncc(-c3ccc(-c4ccc(-c5cnc([C@@H]6CC[C@H](C)N6C(=O)[C@@](N)(NC(=O)OC)[C@@H](C)OC)[nH]5)cc4)cc3)[nH]2)N(C(=O)[C@@H](NC(=O)O)[C@@H](C)OC)C1. The molecule has 60 heavy (non-hydrogen) atoms. The minimum absolute atomic E-state index is 0.0414. The second-order valence-corrected chi connectivity index (χ2v) is 15.5. The summed E-state index contributed by atoms with van der Waals surface area (Å²) >= 11 is 0. The fraction of sp³-hybridized carbons (Fsp3) is 0.476. The maximum Gasteiger partial charge on any atom is 0.408 e. The highest BCUT2D eigenvalue weighted by atomic mass is 16.5. The highest BCUT2D eigenvalue weighted by Gasteiger charge is 2.50. The number of amides is 4. The third-order valence-corrected chi connectivity index (χ3v) is 11.8. The molecule has 6 rings (SSSR count). The van der Waals surface area contributed by atoms with Crippen molar-refractivity contribution < 1.29 is 43.2 Å². The first-order valence-corrected chi connectivity index (χ1v) is 19.9. The predicted molar refractivity (Wildman–Crippen MR) is 220 cm³/mol. The Balaban J connectivity index is 1.15. The number of hydrogen-bond acceptors (Lipinski definition) is 11. The normalized spacial score (nSPS) is 21.5. The van der Waals surface area contributed by atoms with Crippen LogP contribution in [0.4, 0.5) is 9.59 Å². The van der Waals surface area contributed by atoms with E-state index in [1.165, 1.54) is 21.3 Å². The molecule has 2 aromatic heterocycles. The number of H-pyrrole nitrogens is 2. The second-order valence-electron chi connectivity index (χ2n) is 15.5. The number of aromatic amines is 2. The first-order valence-electron chi connectivity index (χ1n) is 19.9. The molecule has 4 aromatic rings. The van der Waals surface area contributed by atoms with Crippen LogP contribution in [0.2, 0.25) is 0 Å². The molecular weight excluding hydrogens is 775 g/mol. The van der Waals surface area contributed by atoms with Gasteiger partial charge in [0.05, 0.1) is 55.7 Å². The van der Waals surface area contributed by atoms with Crippen molar-refractivity contribution in [2.45, 2.75) is 82.1 Å². The van der Waals surface area contributed by atoms with E-state index in [1.54, 1.807) is 43.2 Å². The zero-order valence-corrected chi connectivity index (χ0v) is 34.9. The largest absolute Gasteiger partial charge is 0.465 e. The number of methoxy groups -OCH3 is 4. The summed E-state index contributed by atoms with van der Waals surface area (Å²) in [6.07, 6.45) is 1.76. The van der Waals surface area contributed by atoms with Crippen molar-refractivity contribution in [2.24, 2.45) is 11.7 Å². The van der Waals surface area contributed by atoms with Crippen LogP contribution in [-0.2, 0) is 28.5 Å². The Bertz CT molecular complexity index is 2120. The number of alkyl carbamates (subject to hydrolysis) is 1. The van der Waals surface area contributed by atoms with Crippen molar-refractivity contribution >= 4 is 24.0 Å². The summed E-state index contributed by atoms with van der Waals surface area (Å²) in [4.78, 5) is 71.0. The number of benzene rings is 2. The highest BCUT2D eigenvalue weighted by Crippen LogP contribution is 2.39. The van der Waals surface area contributed by atoms with E-state index in [9.17, 15) is 24.3 Å². The van der Waals surface area contributed by atoms with Gasteiger partial charge in [-0.05, 0) is 62.3 Å². The summed E-state index contributed by atoms with van der Waals surface area (Å²) in [5.41, 5.74) is 10.0. The fourth-order valence-corrected chi connectivity index (χ4v) is 8.14. The Kier molecular flexibility index (Phi) is 13.6. The van der Waals surface area contributed by atoms with Crippen molar-refractivity contribution in [3.05, 3.63) is 72.6 Å². The number of carbonyl (C=O) groups is 4. The lowest BCUT2D eigenvalue weighted by molar-refractivity contribution is -0.147. The van der Waals surface area contributed by atoms with E-state index in [-0.39, 0.29) is 17.9 Å². The van der Waals surface area contributed by atoms with Crippen molar-refractivity contribution in [2.75, 3.05) is 41.6 Å². The molecule has 0 bridgehead atoms. The number of carboxylic acid groups (broad SMARTS) is 1. The summed E-state index contributed by atoms with van der Waals surface area (Å²) in [5.74, 6) is 0.363. The standard InChI is InChI=1S/C42H55N9O9/c1-23-8-17-33(51(23)39(53)42(43,25(3)59-6)49-41(56)60-7)36-44-19-31(46-36)29-13-9-27(10-14-29)28-11-15-30(16-12-28)32-20-45-37(47-32)34-18-26(22-57-4)21-50(34)38(52)35(24(2)58-5)48-40(54)55/h9-16,19-20,23-26,33-35,48H,8,17-18,21-22,43H2,1-7H3,(H,44,46)(H,45,47)(H,49,56)(H,54,55)/t23-,24+,25+,26-,33-,34-,35-,42-/m0/s1. The first-order chi connectivity index (χ1) is 28.7. The van der Waals surface area contributed by atoms with E-state index in [0.29, 0.717) is 37.6 Å². The topological polar surface area (TPSA) is 239 Å². The molecule has 4 amide bonds. The quantitative estimate of drug-likeness (QED) is 0.0913. The second kappa shape index (κ2) is 18.6. The van der Waals surface area contributed by atoms with Crippen LogP contribution < -0.4 is 16.4 Å². The average molecular weight is 830 g/mol. The number of nitrogens with one attached hydrogen (secondary N) is 4. The summed E-state index contributed by atoms with van der Waals surface area (Å²) in [6, 6.07) is 14.0. The summed E-state index contributed by atoms with van der Waals surface area (Å²) in [6.45, 7) is 6.03. The minimum atomic E-state index is -1.87. The third kappa shape index (κ3) is 9.01. The van der Waals surface area contributed by atoms with Gasteiger partial charge < -0.3 is 49.1 Å². The molecule has 8 atom stereocenters. The molecule has 322 valence electrons. The Hall–Kier alpha value is -5.82. The molecule has 2 aromatic carbocycles. The van der Waals surface area contributed by atoms with Gasteiger partial charge in [0.2, 0.25) is 5.91 Å². The average Bonchev–Trinajstić information content (AvgIpc) is 4.09. The van der Waals surface area contributed by atoms with Crippen molar-refractivity contribution in [1.82, 2.24) is 40.4 Å². The number of ether oxygens (including phenoxy) is 4. The molecular formula is C42H55N9O9. The number of aromatic nitrogens is 4. The van der Waals surface area contributed by atoms with E-state index in [1.807, 2.05) is 55.5 Å². The molecule has 2 saturated heterocycles. The van der Waals surface area contributed by atoms with E-state index in [4.69, 9.17) is 24.7 Å². The maximum absolute atomic E-state index is 14.0. The van der Waals surface area contributed by atoms with Crippen molar-refractivity contribution in [3.8, 4) is 33.6 Å². The number of imidazole rings is 2. The lowest BCUT2D eigenvalue weighted by atomic mass is 10.0. The number of nitrogens with two attached hydrogens (primary N) is 1. The molecule has 18 nitrogen and oxygen atoms in total. The van der Waals surface area contributed by atoms with Gasteiger partial charge in [0.25, 0.3) is 5.91 Å². The molecule has 0 spiro atoms. The van der Waals surface area contributed by atoms with Crippen molar-refractivity contribution in [3.63, 3.8) is 0 Å². The number of likely N-dealkylation sites (tertiary alicyclic amines) is 2. The maximum atomic E-state index is 14.0. The monoisotopic (exact) mass is 829 g/mol. The van der Waals surface area contributed by atoms with Crippen LogP contribution in [0, 0.1) is 5.92 Å². The number of rotatable bonds is 15. The molecule has 2 fully saturated rings. The Morgan fingerprint density at radius 3 is 1.92 bits per heavy atom. The van der Waals surface area contributed by atoms with Gasteiger partial charge in [0.1, 0.15) is 23.8 Å². The zero-order chi connectivity index (χ0) is 43.3. The smallest absolute Gasteiger partial charge is 0.408 e. The van der Waals surface area contributed by atoms with Crippen LogP contribution in [0.3, 0.4) is 0 Å². The molecule has 2 aliphatic heterocycles. The van der Waals surface area contributed by atoms with Crippen LogP contribution >= 0.6 is 0 Å². The van der Waals surface area contributed by atoms with Crippen LogP contribution in [0.1, 0.15) is 63.8 Å². The molecule has 2 aliphatic rings. The van der Waals surface area contributed by atoms with Gasteiger partial charge in [-0.2, -0.15) is 0 Å². The first kappa shape index (κ1) is 43.8. The number of nitrogens with zero attached hydrogens (tertiary/aromatic N) is 4. The molecule has 0 saturated carbocycles. The van der Waals surface area contributed by atoms with Gasteiger partial charge in [-0.1, -0.05) is 48.5 Å². The lowest BCUT2D eigenvalue weighted by Gasteiger charge is -2.39. The summed E-state index contributed by atoms with van der Waals surface area (Å²) < 4.78 is 20.9. The van der Waals surface area contributed by atoms with Gasteiger partial charge in [-0.25, -0.2) is 19.6 Å². The van der Waals surface area contributed by atoms with Crippen LogP contribution in [0.15, 0.2) is 60.9 Å². The van der Waals surface area contributed by atoms with Crippen LogP contribution in [0.5, 0.6) is 0 Å². The molecule has 0 aliphatic carbocycles. The fourth-order valence-electron chi connectivity index (χ4n) is 8.14. The van der Waals surface area contributed by atoms with Gasteiger partial charge in [0, 0.05) is 39.8 Å². The Morgan fingerprint density at radius 2 is 1.42 bits per heavy atom. The number of carbonyl (C=O) groups excluding carboxylic acids is 3. The lowest BCUT2D eigenvalue weighted by Crippen LogP contribution is -2.71. The molecule has 0 radical (unpaired) electrons. The van der Waals surface area contributed by atoms with E-state index >= 15 is 0 Å². The van der Waals surface area contributed by atoms with Crippen LogP contribution in [-0.4, -0.2) is 130 Å². The van der Waals surface area contributed by atoms with Crippen molar-refractivity contribution in [1.29, 1.82) is 0 Å². The van der Waals surface area contributed by atoms with E-state index < -0.39 is 54.1 Å². The summed E-state index contributed by atoms with van der Waals surface area (Å²) in [7, 11) is 5.67. The van der Waals surface area contributed by atoms with Crippen LogP contribution in [0.25, 0.3) is 33.6 Å². The molecule has 4 heterocycles. The van der Waals surface area contributed by atoms with Gasteiger partial charge in [0.15, 0.2) is 5.66 Å². The van der Waals surface area contributed by atoms with Gasteiger partial charge in [-0.15, -0.1) is 0 Å². The van der Waals surface area contributed by atoms with Gasteiger partial charge >= 0.3 is 12.2 Å². The highest BCUT2D eigenvalue weighted by molar-refractivity contribution is 5.91.